The lowest BCUT2D eigenvalue weighted by Gasteiger charge is -2.12. The number of likely N-dealkylation sites (N-methyl/N-ethyl adjacent to an activating group) is 1. The van der Waals surface area contributed by atoms with Crippen LogP contribution in [0.4, 0.5) is 0 Å². The predicted molar refractivity (Wildman–Crippen MR) is 82.4 cm³/mol. The van der Waals surface area contributed by atoms with Gasteiger partial charge in [-0.3, -0.25) is 4.79 Å². The quantitative estimate of drug-likeness (QED) is 0.769. The number of nitrogens with zero attached hydrogens (tertiary/aromatic N) is 1. The van der Waals surface area contributed by atoms with E-state index in [9.17, 15) is 9.59 Å². The van der Waals surface area contributed by atoms with Gasteiger partial charge in [0.1, 0.15) is 12.2 Å². The molecule has 1 aromatic heterocycles. The Morgan fingerprint density at radius 3 is 2.73 bits per heavy atom. The molecule has 0 unspecified atom stereocenters. The van der Waals surface area contributed by atoms with Crippen LogP contribution in [0.2, 0.25) is 0 Å². The van der Waals surface area contributed by atoms with Crippen LogP contribution in [0.3, 0.4) is 0 Å². The number of hydrogen-bond donors (Lipinski definition) is 2. The fraction of sp³-hybridized carbons (Fsp3) is 0.312. The molecule has 6 nitrogen and oxygen atoms in total. The highest BCUT2D eigenvalue weighted by molar-refractivity contribution is 5.98. The smallest absolute Gasteiger partial charge is 0.340 e. The van der Waals surface area contributed by atoms with E-state index >= 15 is 0 Å². The molecule has 0 radical (unpaired) electrons. The number of rotatable bonds is 5. The van der Waals surface area contributed by atoms with Crippen molar-refractivity contribution in [3.05, 3.63) is 41.1 Å². The third kappa shape index (κ3) is 3.23. The molecule has 0 spiro atoms. The molecule has 2 aromatic rings. The van der Waals surface area contributed by atoms with Crippen molar-refractivity contribution in [1.82, 2.24) is 10.3 Å². The molecule has 22 heavy (non-hydrogen) atoms. The van der Waals surface area contributed by atoms with Crippen LogP contribution < -0.4 is 10.6 Å². The highest BCUT2D eigenvalue weighted by Crippen LogP contribution is 2.23. The number of carbonyl (C=O) groups excluding carboxylic acids is 2. The summed E-state index contributed by atoms with van der Waals surface area (Å²) in [7, 11) is 2.95. The summed E-state index contributed by atoms with van der Waals surface area (Å²) in [5.74, 6) is -0.476. The molecular formula is C16H20N3O3+. The first-order valence-electron chi connectivity index (χ1n) is 7.07. The summed E-state index contributed by atoms with van der Waals surface area (Å²) < 4.78 is 4.88. The second-order valence-electron chi connectivity index (χ2n) is 4.94. The average Bonchev–Trinajstić information content (AvgIpc) is 2.54. The molecule has 116 valence electrons. The van der Waals surface area contributed by atoms with Gasteiger partial charge in [-0.05, 0) is 18.6 Å². The van der Waals surface area contributed by atoms with E-state index in [1.807, 2.05) is 36.5 Å². The fourth-order valence-corrected chi connectivity index (χ4v) is 2.40. The predicted octanol–water partition coefficient (Wildman–Crippen LogP) is 0.139. The van der Waals surface area contributed by atoms with Gasteiger partial charge in [0.2, 0.25) is 0 Å². The number of aryl methyl sites for hydroxylation is 1. The van der Waals surface area contributed by atoms with Crippen LogP contribution >= 0.6 is 0 Å². The molecule has 0 saturated carbocycles. The van der Waals surface area contributed by atoms with Crippen molar-refractivity contribution in [1.29, 1.82) is 0 Å². The number of benzene rings is 1. The number of ether oxygens (including phenoxy) is 1. The highest BCUT2D eigenvalue weighted by atomic mass is 16.5. The van der Waals surface area contributed by atoms with Crippen LogP contribution in [-0.4, -0.2) is 37.6 Å². The summed E-state index contributed by atoms with van der Waals surface area (Å²) in [6.45, 7) is 2.60. The molecule has 0 fully saturated rings. The average molecular weight is 302 g/mol. The first kappa shape index (κ1) is 15.9. The van der Waals surface area contributed by atoms with Crippen LogP contribution in [0, 0.1) is 6.92 Å². The molecule has 2 rings (SSSR count). The fourth-order valence-electron chi connectivity index (χ4n) is 2.40. The number of pyridine rings is 1. The number of carbonyl (C=O) groups is 2. The normalized spacial score (nSPS) is 10.5. The van der Waals surface area contributed by atoms with E-state index in [0.717, 1.165) is 16.5 Å². The van der Waals surface area contributed by atoms with Crippen molar-refractivity contribution in [3.63, 3.8) is 0 Å². The molecule has 1 amide bonds. The van der Waals surface area contributed by atoms with Crippen LogP contribution in [0.15, 0.2) is 24.3 Å². The minimum atomic E-state index is -0.404. The minimum absolute atomic E-state index is 0.0721. The lowest BCUT2D eigenvalue weighted by atomic mass is 10.0. The minimum Gasteiger partial charge on any atom is -0.465 e. The first-order valence-corrected chi connectivity index (χ1v) is 7.07. The Bertz CT molecular complexity index is 713. The maximum absolute atomic E-state index is 12.1. The van der Waals surface area contributed by atoms with Gasteiger partial charge >= 0.3 is 5.97 Å². The molecule has 6 heteroatoms. The van der Waals surface area contributed by atoms with Crippen LogP contribution in [-0.2, 0) is 16.1 Å². The summed E-state index contributed by atoms with van der Waals surface area (Å²) in [6, 6.07) is 7.66. The van der Waals surface area contributed by atoms with Crippen molar-refractivity contribution in [3.8, 4) is 0 Å². The van der Waals surface area contributed by atoms with E-state index in [4.69, 9.17) is 4.74 Å². The summed E-state index contributed by atoms with van der Waals surface area (Å²) in [5, 5.41) is 5.29. The lowest BCUT2D eigenvalue weighted by Crippen LogP contribution is -2.85. The van der Waals surface area contributed by atoms with Gasteiger partial charge < -0.3 is 15.4 Å². The molecule has 0 atom stereocenters. The Morgan fingerprint density at radius 1 is 1.32 bits per heavy atom. The number of amides is 1. The van der Waals surface area contributed by atoms with Crippen LogP contribution in [0.1, 0.15) is 21.6 Å². The zero-order valence-corrected chi connectivity index (χ0v) is 13.0. The summed E-state index contributed by atoms with van der Waals surface area (Å²) in [5.41, 5.74) is 2.79. The van der Waals surface area contributed by atoms with Crippen LogP contribution in [0.5, 0.6) is 0 Å². The van der Waals surface area contributed by atoms with Crippen molar-refractivity contribution in [2.45, 2.75) is 13.5 Å². The summed E-state index contributed by atoms with van der Waals surface area (Å²) >= 11 is 0. The molecular weight excluding hydrogens is 282 g/mol. The topological polar surface area (TPSA) is 84.9 Å². The van der Waals surface area contributed by atoms with E-state index in [1.165, 1.54) is 7.11 Å². The Morgan fingerprint density at radius 2 is 2.05 bits per heavy atom. The maximum atomic E-state index is 12.1. The van der Waals surface area contributed by atoms with E-state index in [0.29, 0.717) is 17.8 Å². The Balaban J connectivity index is 2.41. The Hall–Kier alpha value is -2.47. The monoisotopic (exact) mass is 302 g/mol. The molecule has 0 aliphatic rings. The van der Waals surface area contributed by atoms with Gasteiger partial charge in [0, 0.05) is 12.4 Å². The molecule has 0 saturated heterocycles. The molecule has 3 N–H and O–H groups in total. The molecule has 0 aliphatic carbocycles. The van der Waals surface area contributed by atoms with E-state index in [-0.39, 0.29) is 12.5 Å². The van der Waals surface area contributed by atoms with Gasteiger partial charge in [0.15, 0.2) is 6.54 Å². The van der Waals surface area contributed by atoms with Crippen LogP contribution in [0.25, 0.3) is 10.9 Å². The van der Waals surface area contributed by atoms with Gasteiger partial charge in [-0.2, -0.15) is 0 Å². The second-order valence-corrected chi connectivity index (χ2v) is 4.94. The van der Waals surface area contributed by atoms with E-state index in [1.54, 1.807) is 7.05 Å². The van der Waals surface area contributed by atoms with Crippen molar-refractivity contribution < 1.29 is 19.6 Å². The van der Waals surface area contributed by atoms with Crippen molar-refractivity contribution in [2.24, 2.45) is 0 Å². The zero-order valence-electron chi connectivity index (χ0n) is 13.0. The number of esters is 1. The number of methoxy groups -OCH3 is 1. The Labute approximate surface area is 128 Å². The number of nitrogens with one attached hydrogen (secondary N) is 1. The summed E-state index contributed by atoms with van der Waals surface area (Å²) in [6.07, 6.45) is 0. The van der Waals surface area contributed by atoms with Gasteiger partial charge in [-0.15, -0.1) is 0 Å². The largest absolute Gasteiger partial charge is 0.465 e. The SMILES string of the molecule is CNC(=O)C[NH2+]Cc1nc2ccccc2c(C)c1C(=O)OC. The molecule has 1 heterocycles. The molecule has 0 aliphatic heterocycles. The van der Waals surface area contributed by atoms with E-state index in [2.05, 4.69) is 10.3 Å². The third-order valence-electron chi connectivity index (χ3n) is 3.56. The Kier molecular flexibility index (Phi) is 5.06. The first-order chi connectivity index (χ1) is 10.6. The highest BCUT2D eigenvalue weighted by Gasteiger charge is 2.20. The number of aromatic nitrogens is 1. The second kappa shape index (κ2) is 7.00. The molecule has 0 bridgehead atoms. The molecule has 1 aromatic carbocycles. The number of para-hydroxylation sites is 1. The van der Waals surface area contributed by atoms with Crippen molar-refractivity contribution in [2.75, 3.05) is 20.7 Å². The third-order valence-corrected chi connectivity index (χ3v) is 3.56. The number of hydrogen-bond acceptors (Lipinski definition) is 4. The van der Waals surface area contributed by atoms with E-state index < -0.39 is 5.97 Å². The van der Waals surface area contributed by atoms with Gasteiger partial charge in [-0.25, -0.2) is 9.78 Å². The van der Waals surface area contributed by atoms with Gasteiger partial charge in [0.05, 0.1) is 18.2 Å². The maximum Gasteiger partial charge on any atom is 0.340 e. The zero-order chi connectivity index (χ0) is 16.1. The number of fused-ring (bicyclic) bond motifs is 1. The summed E-state index contributed by atoms with van der Waals surface area (Å²) in [4.78, 5) is 28.0. The number of nitrogens with two attached hydrogens (primary N) is 1. The number of quaternary nitrogens is 1. The van der Waals surface area contributed by atoms with Crippen molar-refractivity contribution >= 4 is 22.8 Å². The van der Waals surface area contributed by atoms with Gasteiger partial charge in [-0.1, -0.05) is 18.2 Å². The standard InChI is InChI=1S/C16H19N3O3/c1-10-11-6-4-5-7-12(11)19-13(15(10)16(21)22-3)8-18-9-14(20)17-2/h4-7,18H,8-9H2,1-3H3,(H,17,20)/p+1. The lowest BCUT2D eigenvalue weighted by molar-refractivity contribution is -0.660. The van der Waals surface area contributed by atoms with Gasteiger partial charge in [0.25, 0.3) is 5.91 Å².